The van der Waals surface area contributed by atoms with Gasteiger partial charge in [0, 0.05) is 23.6 Å². The second kappa shape index (κ2) is 5.61. The van der Waals surface area contributed by atoms with Crippen molar-refractivity contribution in [3.63, 3.8) is 0 Å². The number of halogens is 1. The van der Waals surface area contributed by atoms with Crippen LogP contribution in [-0.4, -0.2) is 17.6 Å². The standard InChI is InChI=1S/C15H15FN2O2/c1-2-18(11-5-3-4-10(16)8-11)12-6-7-13(15(19)20)14(17)9-12/h3-9H,2,17H2,1H3,(H,19,20). The summed E-state index contributed by atoms with van der Waals surface area (Å²) >= 11 is 0. The third-order valence-electron chi connectivity index (χ3n) is 3.01. The van der Waals surface area contributed by atoms with Crippen molar-refractivity contribution in [3.05, 3.63) is 53.8 Å². The quantitative estimate of drug-likeness (QED) is 0.840. The molecule has 0 amide bonds. The van der Waals surface area contributed by atoms with E-state index >= 15 is 0 Å². The predicted molar refractivity (Wildman–Crippen MR) is 76.9 cm³/mol. The second-order valence-electron chi connectivity index (χ2n) is 4.30. The molecule has 0 heterocycles. The maximum Gasteiger partial charge on any atom is 0.337 e. The molecule has 0 radical (unpaired) electrons. The first-order valence-electron chi connectivity index (χ1n) is 6.19. The Morgan fingerprint density at radius 2 is 1.95 bits per heavy atom. The number of hydrogen-bond donors (Lipinski definition) is 2. The molecular weight excluding hydrogens is 259 g/mol. The van der Waals surface area contributed by atoms with E-state index in [1.807, 2.05) is 11.8 Å². The average molecular weight is 274 g/mol. The minimum Gasteiger partial charge on any atom is -0.478 e. The highest BCUT2D eigenvalue weighted by Crippen LogP contribution is 2.28. The van der Waals surface area contributed by atoms with Crippen molar-refractivity contribution in [2.45, 2.75) is 6.92 Å². The fourth-order valence-electron chi connectivity index (χ4n) is 2.07. The van der Waals surface area contributed by atoms with E-state index in [1.54, 1.807) is 24.3 Å². The molecule has 5 heteroatoms. The summed E-state index contributed by atoms with van der Waals surface area (Å²) < 4.78 is 13.3. The van der Waals surface area contributed by atoms with Crippen molar-refractivity contribution in [3.8, 4) is 0 Å². The highest BCUT2D eigenvalue weighted by atomic mass is 19.1. The fraction of sp³-hybridized carbons (Fsp3) is 0.133. The molecule has 20 heavy (non-hydrogen) atoms. The molecule has 0 aliphatic rings. The molecule has 0 spiro atoms. The SMILES string of the molecule is CCN(c1cccc(F)c1)c1ccc(C(=O)O)c(N)c1. The molecule has 0 aliphatic heterocycles. The molecule has 2 rings (SSSR count). The molecule has 4 nitrogen and oxygen atoms in total. The maximum absolute atomic E-state index is 13.3. The largest absolute Gasteiger partial charge is 0.478 e. The van der Waals surface area contributed by atoms with Gasteiger partial charge in [-0.1, -0.05) is 6.07 Å². The van der Waals surface area contributed by atoms with Gasteiger partial charge in [-0.2, -0.15) is 0 Å². The number of carbonyl (C=O) groups is 1. The van der Waals surface area contributed by atoms with E-state index in [0.29, 0.717) is 12.2 Å². The Bertz CT molecular complexity index is 644. The monoisotopic (exact) mass is 274 g/mol. The van der Waals surface area contributed by atoms with Gasteiger partial charge in [-0.25, -0.2) is 9.18 Å². The molecule has 2 aromatic rings. The van der Waals surface area contributed by atoms with E-state index < -0.39 is 5.97 Å². The van der Waals surface area contributed by atoms with Crippen LogP contribution in [0.4, 0.5) is 21.5 Å². The van der Waals surface area contributed by atoms with Crippen LogP contribution in [-0.2, 0) is 0 Å². The fourth-order valence-corrected chi connectivity index (χ4v) is 2.07. The molecule has 0 aromatic heterocycles. The van der Waals surface area contributed by atoms with Gasteiger partial charge < -0.3 is 15.7 Å². The Labute approximate surface area is 116 Å². The lowest BCUT2D eigenvalue weighted by Crippen LogP contribution is -2.16. The smallest absolute Gasteiger partial charge is 0.337 e. The van der Waals surface area contributed by atoms with E-state index in [2.05, 4.69) is 0 Å². The van der Waals surface area contributed by atoms with E-state index in [4.69, 9.17) is 10.8 Å². The van der Waals surface area contributed by atoms with Gasteiger partial charge in [0.1, 0.15) is 5.82 Å². The topological polar surface area (TPSA) is 66.6 Å². The zero-order valence-corrected chi connectivity index (χ0v) is 11.0. The first kappa shape index (κ1) is 13.9. The third-order valence-corrected chi connectivity index (χ3v) is 3.01. The highest BCUT2D eigenvalue weighted by molar-refractivity contribution is 5.94. The maximum atomic E-state index is 13.3. The number of benzene rings is 2. The summed E-state index contributed by atoms with van der Waals surface area (Å²) in [6, 6.07) is 10.9. The zero-order valence-electron chi connectivity index (χ0n) is 11.0. The van der Waals surface area contributed by atoms with Gasteiger partial charge in [-0.3, -0.25) is 0 Å². The van der Waals surface area contributed by atoms with Gasteiger partial charge in [0.25, 0.3) is 0 Å². The summed E-state index contributed by atoms with van der Waals surface area (Å²) in [7, 11) is 0. The Kier molecular flexibility index (Phi) is 3.89. The van der Waals surface area contributed by atoms with Gasteiger partial charge in [0.05, 0.1) is 5.56 Å². The Morgan fingerprint density at radius 1 is 1.25 bits per heavy atom. The van der Waals surface area contributed by atoms with E-state index in [0.717, 1.165) is 5.69 Å². The van der Waals surface area contributed by atoms with Crippen molar-refractivity contribution in [1.29, 1.82) is 0 Å². The van der Waals surface area contributed by atoms with Gasteiger partial charge in [0.2, 0.25) is 0 Å². The number of rotatable bonds is 4. The molecule has 0 unspecified atom stereocenters. The number of anilines is 3. The number of carboxylic acid groups (broad SMARTS) is 1. The van der Waals surface area contributed by atoms with Crippen molar-refractivity contribution in [1.82, 2.24) is 0 Å². The highest BCUT2D eigenvalue weighted by Gasteiger charge is 2.12. The molecule has 0 aliphatic carbocycles. The van der Waals surface area contributed by atoms with Crippen molar-refractivity contribution < 1.29 is 14.3 Å². The molecule has 3 N–H and O–H groups in total. The Morgan fingerprint density at radius 3 is 2.50 bits per heavy atom. The predicted octanol–water partition coefficient (Wildman–Crippen LogP) is 3.26. The lowest BCUT2D eigenvalue weighted by atomic mass is 10.1. The minimum absolute atomic E-state index is 0.0593. The van der Waals surface area contributed by atoms with E-state index in [1.165, 1.54) is 18.2 Å². The van der Waals surface area contributed by atoms with Crippen LogP contribution in [0.5, 0.6) is 0 Å². The number of nitrogens with zero attached hydrogens (tertiary/aromatic N) is 1. The number of hydrogen-bond acceptors (Lipinski definition) is 3. The van der Waals surface area contributed by atoms with Gasteiger partial charge in [-0.15, -0.1) is 0 Å². The lowest BCUT2D eigenvalue weighted by molar-refractivity contribution is 0.0698. The Balaban J connectivity index is 2.42. The van der Waals surface area contributed by atoms with Crippen LogP contribution in [0.15, 0.2) is 42.5 Å². The summed E-state index contributed by atoms with van der Waals surface area (Å²) in [6.45, 7) is 2.53. The number of carboxylic acids is 1. The van der Waals surface area contributed by atoms with Crippen molar-refractivity contribution >= 4 is 23.0 Å². The zero-order chi connectivity index (χ0) is 14.7. The summed E-state index contributed by atoms with van der Waals surface area (Å²) in [5.41, 5.74) is 7.40. The molecular formula is C15H15FN2O2. The van der Waals surface area contributed by atoms with Gasteiger partial charge >= 0.3 is 5.97 Å². The summed E-state index contributed by atoms with van der Waals surface area (Å²) in [4.78, 5) is 12.8. The molecule has 0 bridgehead atoms. The molecule has 0 saturated heterocycles. The number of nitrogens with two attached hydrogens (primary N) is 1. The molecule has 0 saturated carbocycles. The van der Waals surface area contributed by atoms with Crippen LogP contribution in [0.25, 0.3) is 0 Å². The molecule has 2 aromatic carbocycles. The molecule has 104 valence electrons. The molecule has 0 fully saturated rings. The molecule has 0 atom stereocenters. The average Bonchev–Trinajstić information content (AvgIpc) is 2.39. The second-order valence-corrected chi connectivity index (χ2v) is 4.30. The summed E-state index contributed by atoms with van der Waals surface area (Å²) in [5.74, 6) is -1.39. The van der Waals surface area contributed by atoms with Crippen LogP contribution >= 0.6 is 0 Å². The van der Waals surface area contributed by atoms with Crippen molar-refractivity contribution in [2.24, 2.45) is 0 Å². The number of aromatic carboxylic acids is 1. The normalized spacial score (nSPS) is 10.3. The van der Waals surface area contributed by atoms with Gasteiger partial charge in [-0.05, 0) is 43.3 Å². The first-order valence-corrected chi connectivity index (χ1v) is 6.19. The van der Waals surface area contributed by atoms with E-state index in [9.17, 15) is 9.18 Å². The van der Waals surface area contributed by atoms with Crippen LogP contribution in [0.1, 0.15) is 17.3 Å². The van der Waals surface area contributed by atoms with Crippen LogP contribution < -0.4 is 10.6 Å². The van der Waals surface area contributed by atoms with E-state index in [-0.39, 0.29) is 17.1 Å². The van der Waals surface area contributed by atoms with Crippen LogP contribution in [0.2, 0.25) is 0 Å². The van der Waals surface area contributed by atoms with Crippen LogP contribution in [0.3, 0.4) is 0 Å². The van der Waals surface area contributed by atoms with Gasteiger partial charge in [0.15, 0.2) is 0 Å². The number of nitrogen functional groups attached to an aromatic ring is 1. The van der Waals surface area contributed by atoms with Crippen LogP contribution in [0, 0.1) is 5.82 Å². The third kappa shape index (κ3) is 2.71. The first-order chi connectivity index (χ1) is 9.52. The summed E-state index contributed by atoms with van der Waals surface area (Å²) in [5, 5.41) is 8.96. The summed E-state index contributed by atoms with van der Waals surface area (Å²) in [6.07, 6.45) is 0. The minimum atomic E-state index is -1.07. The van der Waals surface area contributed by atoms with Crippen molar-refractivity contribution in [2.75, 3.05) is 17.2 Å². The Hall–Kier alpha value is -2.56. The lowest BCUT2D eigenvalue weighted by Gasteiger charge is -2.24.